The van der Waals surface area contributed by atoms with Crippen LogP contribution in [-0.4, -0.2) is 21.7 Å². The molecule has 3 aromatic rings. The SMILES string of the molecule is Cc1cc(Cc2ccsc2)c(NC(=O)OCc2ccccc2)c(=O)n1CC(=O)O. The number of nitrogens with one attached hydrogen (secondary N) is 1. The fourth-order valence-electron chi connectivity index (χ4n) is 2.91. The molecule has 0 atom stereocenters. The second-order valence-electron chi connectivity index (χ2n) is 6.47. The molecule has 0 fully saturated rings. The highest BCUT2D eigenvalue weighted by molar-refractivity contribution is 7.07. The van der Waals surface area contributed by atoms with Gasteiger partial charge in [0.25, 0.3) is 5.56 Å². The molecule has 0 radical (unpaired) electrons. The predicted octanol–water partition coefficient (Wildman–Crippen LogP) is 3.64. The molecule has 2 N–H and O–H groups in total. The van der Waals surface area contributed by atoms with Crippen LogP contribution in [0.3, 0.4) is 0 Å². The number of carboxylic acids is 1. The first-order valence-corrected chi connectivity index (χ1v) is 9.82. The first kappa shape index (κ1) is 20.3. The Kier molecular flexibility index (Phi) is 6.46. The van der Waals surface area contributed by atoms with Crippen molar-refractivity contribution in [1.82, 2.24) is 4.57 Å². The second kappa shape index (κ2) is 9.20. The number of carbonyl (C=O) groups excluding carboxylic acids is 1. The number of amides is 1. The van der Waals surface area contributed by atoms with Gasteiger partial charge in [-0.3, -0.25) is 19.5 Å². The Balaban J connectivity index is 1.87. The van der Waals surface area contributed by atoms with Gasteiger partial charge in [-0.1, -0.05) is 30.3 Å². The lowest BCUT2D eigenvalue weighted by Gasteiger charge is -2.16. The van der Waals surface area contributed by atoms with E-state index in [9.17, 15) is 14.4 Å². The highest BCUT2D eigenvalue weighted by Crippen LogP contribution is 2.20. The number of hydrogen-bond donors (Lipinski definition) is 2. The monoisotopic (exact) mass is 412 g/mol. The number of nitrogens with zero attached hydrogens (tertiary/aromatic N) is 1. The second-order valence-corrected chi connectivity index (χ2v) is 7.25. The molecule has 0 unspecified atom stereocenters. The lowest BCUT2D eigenvalue weighted by molar-refractivity contribution is -0.137. The van der Waals surface area contributed by atoms with Crippen LogP contribution < -0.4 is 10.9 Å². The zero-order chi connectivity index (χ0) is 20.8. The summed E-state index contributed by atoms with van der Waals surface area (Å²) in [7, 11) is 0. The van der Waals surface area contributed by atoms with Gasteiger partial charge in [-0.05, 0) is 46.5 Å². The highest BCUT2D eigenvalue weighted by atomic mass is 32.1. The standard InChI is InChI=1S/C21H20N2O5S/c1-14-9-17(10-16-7-8-29-13-16)19(20(26)23(14)11-18(24)25)22-21(27)28-12-15-5-3-2-4-6-15/h2-9,13H,10-12H2,1H3,(H,22,27)(H,24,25). The number of ether oxygens (including phenoxy) is 1. The molecular weight excluding hydrogens is 392 g/mol. The van der Waals surface area contributed by atoms with Crippen molar-refractivity contribution in [3.63, 3.8) is 0 Å². The molecule has 1 aromatic carbocycles. The van der Waals surface area contributed by atoms with Crippen LogP contribution in [0.4, 0.5) is 10.5 Å². The highest BCUT2D eigenvalue weighted by Gasteiger charge is 2.18. The van der Waals surface area contributed by atoms with E-state index >= 15 is 0 Å². The molecule has 3 rings (SSSR count). The van der Waals surface area contributed by atoms with E-state index in [0.717, 1.165) is 15.7 Å². The fraction of sp³-hybridized carbons (Fsp3) is 0.190. The van der Waals surface area contributed by atoms with Crippen LogP contribution in [-0.2, 0) is 29.1 Å². The Morgan fingerprint density at radius 1 is 1.17 bits per heavy atom. The minimum atomic E-state index is -1.14. The zero-order valence-electron chi connectivity index (χ0n) is 15.8. The molecule has 0 bridgehead atoms. The van der Waals surface area contributed by atoms with Crippen LogP contribution in [0.25, 0.3) is 0 Å². The van der Waals surface area contributed by atoms with E-state index < -0.39 is 24.2 Å². The molecule has 1 amide bonds. The molecule has 0 aliphatic carbocycles. The van der Waals surface area contributed by atoms with Gasteiger partial charge in [0.2, 0.25) is 0 Å². The third-order valence-electron chi connectivity index (χ3n) is 4.30. The van der Waals surface area contributed by atoms with E-state index in [1.165, 1.54) is 11.3 Å². The molecule has 0 spiro atoms. The number of rotatable bonds is 7. The molecule has 0 aliphatic rings. The van der Waals surface area contributed by atoms with Crippen LogP contribution in [0.1, 0.15) is 22.4 Å². The summed E-state index contributed by atoms with van der Waals surface area (Å²) in [6.45, 7) is 1.23. The number of aliphatic carboxylic acids is 1. The van der Waals surface area contributed by atoms with Gasteiger partial charge in [-0.15, -0.1) is 0 Å². The molecule has 0 saturated carbocycles. The van der Waals surface area contributed by atoms with Gasteiger partial charge in [0.1, 0.15) is 18.8 Å². The molecule has 8 heteroatoms. The Morgan fingerprint density at radius 3 is 2.59 bits per heavy atom. The summed E-state index contributed by atoms with van der Waals surface area (Å²) in [6.07, 6.45) is -0.342. The molecule has 7 nitrogen and oxygen atoms in total. The van der Waals surface area contributed by atoms with Crippen molar-refractivity contribution in [3.05, 3.63) is 86.0 Å². The first-order valence-electron chi connectivity index (χ1n) is 8.88. The zero-order valence-corrected chi connectivity index (χ0v) is 16.6. The Labute approximate surface area is 171 Å². The minimum Gasteiger partial charge on any atom is -0.480 e. The molecule has 0 aliphatic heterocycles. The topological polar surface area (TPSA) is 97.6 Å². The summed E-state index contributed by atoms with van der Waals surface area (Å²) < 4.78 is 6.33. The average molecular weight is 412 g/mol. The van der Waals surface area contributed by atoms with Gasteiger partial charge in [0, 0.05) is 12.1 Å². The normalized spacial score (nSPS) is 10.5. The largest absolute Gasteiger partial charge is 0.480 e. The number of aryl methyl sites for hydroxylation is 1. The predicted molar refractivity (Wildman–Crippen MR) is 110 cm³/mol. The van der Waals surface area contributed by atoms with Gasteiger partial charge in [0.15, 0.2) is 0 Å². The number of thiophene rings is 1. The number of carboxylic acid groups (broad SMARTS) is 1. The first-order chi connectivity index (χ1) is 13.9. The van der Waals surface area contributed by atoms with E-state index in [2.05, 4.69) is 5.32 Å². The Bertz CT molecular complexity index is 1060. The number of hydrogen-bond acceptors (Lipinski definition) is 5. The average Bonchev–Trinajstić information content (AvgIpc) is 3.20. The molecule has 150 valence electrons. The number of benzene rings is 1. The number of anilines is 1. The molecule has 2 heterocycles. The van der Waals surface area contributed by atoms with Crippen LogP contribution in [0.2, 0.25) is 0 Å². The van der Waals surface area contributed by atoms with Crippen molar-refractivity contribution in [2.45, 2.75) is 26.5 Å². The number of aromatic nitrogens is 1. The van der Waals surface area contributed by atoms with Gasteiger partial charge in [-0.2, -0.15) is 11.3 Å². The quantitative estimate of drug-likeness (QED) is 0.617. The van der Waals surface area contributed by atoms with Crippen LogP contribution in [0.15, 0.2) is 58.0 Å². The molecule has 0 saturated heterocycles. The summed E-state index contributed by atoms with van der Waals surface area (Å²) in [5, 5.41) is 15.5. The Hall–Kier alpha value is -3.39. The van der Waals surface area contributed by atoms with E-state index in [1.807, 2.05) is 47.2 Å². The maximum Gasteiger partial charge on any atom is 0.412 e. The third-order valence-corrected chi connectivity index (χ3v) is 5.03. The maximum atomic E-state index is 12.9. The van der Waals surface area contributed by atoms with Crippen molar-refractivity contribution < 1.29 is 19.4 Å². The lowest BCUT2D eigenvalue weighted by atomic mass is 10.1. The van der Waals surface area contributed by atoms with Crippen molar-refractivity contribution in [2.75, 3.05) is 5.32 Å². The lowest BCUT2D eigenvalue weighted by Crippen LogP contribution is -2.31. The fourth-order valence-corrected chi connectivity index (χ4v) is 3.58. The summed E-state index contributed by atoms with van der Waals surface area (Å²) in [4.78, 5) is 36.4. The van der Waals surface area contributed by atoms with E-state index in [4.69, 9.17) is 9.84 Å². The Morgan fingerprint density at radius 2 is 1.93 bits per heavy atom. The van der Waals surface area contributed by atoms with Crippen LogP contribution in [0, 0.1) is 6.92 Å². The summed E-state index contributed by atoms with van der Waals surface area (Å²) in [5.41, 5.74) is 2.37. The summed E-state index contributed by atoms with van der Waals surface area (Å²) >= 11 is 1.53. The maximum absolute atomic E-state index is 12.9. The van der Waals surface area contributed by atoms with Crippen molar-refractivity contribution in [1.29, 1.82) is 0 Å². The van der Waals surface area contributed by atoms with Crippen LogP contribution in [0.5, 0.6) is 0 Å². The van der Waals surface area contributed by atoms with Crippen LogP contribution >= 0.6 is 11.3 Å². The molecule has 2 aromatic heterocycles. The molecular formula is C21H20N2O5S. The number of carbonyl (C=O) groups is 2. The van der Waals surface area contributed by atoms with Crippen molar-refractivity contribution in [2.24, 2.45) is 0 Å². The molecule has 29 heavy (non-hydrogen) atoms. The van der Waals surface area contributed by atoms with E-state index in [-0.39, 0.29) is 12.3 Å². The third kappa shape index (κ3) is 5.32. The van der Waals surface area contributed by atoms with Crippen molar-refractivity contribution in [3.8, 4) is 0 Å². The van der Waals surface area contributed by atoms with E-state index in [0.29, 0.717) is 17.7 Å². The van der Waals surface area contributed by atoms with Gasteiger partial charge < -0.3 is 9.84 Å². The smallest absolute Gasteiger partial charge is 0.412 e. The van der Waals surface area contributed by atoms with Gasteiger partial charge in [-0.25, -0.2) is 4.79 Å². The van der Waals surface area contributed by atoms with Gasteiger partial charge in [0.05, 0.1) is 0 Å². The van der Waals surface area contributed by atoms with Gasteiger partial charge >= 0.3 is 12.1 Å². The number of pyridine rings is 1. The summed E-state index contributed by atoms with van der Waals surface area (Å²) in [6, 6.07) is 12.8. The summed E-state index contributed by atoms with van der Waals surface area (Å²) in [5.74, 6) is -1.14. The van der Waals surface area contributed by atoms with E-state index in [1.54, 1.807) is 13.0 Å². The van der Waals surface area contributed by atoms with Crippen molar-refractivity contribution >= 4 is 29.1 Å². The minimum absolute atomic E-state index is 0.0288.